The van der Waals surface area contributed by atoms with Crippen LogP contribution in [0.2, 0.25) is 0 Å². The van der Waals surface area contributed by atoms with Gasteiger partial charge < -0.3 is 4.90 Å². The molecule has 0 unspecified atom stereocenters. The van der Waals surface area contributed by atoms with Gasteiger partial charge in [0.15, 0.2) is 0 Å². The second-order valence-corrected chi connectivity index (χ2v) is 3.50. The maximum absolute atomic E-state index is 3.06. The fourth-order valence-corrected chi connectivity index (χ4v) is 1.35. The number of benzene rings is 1. The Kier molecular flexibility index (Phi) is 11.0. The van der Waals surface area contributed by atoms with Gasteiger partial charge in [0.1, 0.15) is 0 Å². The number of hydrogen-bond acceptors (Lipinski definition) is 1. The van der Waals surface area contributed by atoms with Gasteiger partial charge in [-0.15, -0.1) is 5.56 Å². The van der Waals surface area contributed by atoms with Crippen LogP contribution in [0, 0.1) is 6.07 Å². The van der Waals surface area contributed by atoms with E-state index in [9.17, 15) is 0 Å². The summed E-state index contributed by atoms with van der Waals surface area (Å²) in [5.74, 6) is 0. The van der Waals surface area contributed by atoms with Gasteiger partial charge in [0.25, 0.3) is 0 Å². The third-order valence-electron chi connectivity index (χ3n) is 2.13. The molecule has 0 spiro atoms. The van der Waals surface area contributed by atoms with E-state index in [1.54, 1.807) is 0 Å². The Balaban J connectivity index is 0.000000921. The molecular weight excluding hydrogens is 303 g/mol. The summed E-state index contributed by atoms with van der Waals surface area (Å²) in [5, 5.41) is 0. The van der Waals surface area contributed by atoms with E-state index >= 15 is 0 Å². The molecule has 80 valence electrons. The van der Waals surface area contributed by atoms with E-state index in [1.807, 2.05) is 12.1 Å². The molecule has 0 fully saturated rings. The van der Waals surface area contributed by atoms with Crippen molar-refractivity contribution >= 4 is 13.6 Å². The van der Waals surface area contributed by atoms with Crippen LogP contribution < -0.4 is 0 Å². The first-order chi connectivity index (χ1) is 7.33. The quantitative estimate of drug-likeness (QED) is 0.592. The summed E-state index contributed by atoms with van der Waals surface area (Å²) in [5.41, 5.74) is 1.37. The Bertz CT molecular complexity index is 228. The molecule has 0 bridgehead atoms. The van der Waals surface area contributed by atoms with Gasteiger partial charge in [-0.1, -0.05) is 13.3 Å². The molecule has 0 aromatic heterocycles. The Hall–Kier alpha value is 0.283. The maximum atomic E-state index is 3.06. The molecule has 1 aromatic rings. The van der Waals surface area contributed by atoms with Crippen LogP contribution in [0.3, 0.4) is 0 Å². The second-order valence-electron chi connectivity index (χ2n) is 3.50. The average molecular weight is 322 g/mol. The molecule has 0 saturated carbocycles. The van der Waals surface area contributed by atoms with Crippen LogP contribution in [0.4, 0.5) is 0 Å². The van der Waals surface area contributed by atoms with Crippen molar-refractivity contribution in [1.82, 2.24) is 4.90 Å². The second kappa shape index (κ2) is 10.8. The summed E-state index contributed by atoms with van der Waals surface area (Å²) < 4.78 is 0. The van der Waals surface area contributed by atoms with Gasteiger partial charge in [0, 0.05) is 6.54 Å². The summed E-state index contributed by atoms with van der Waals surface area (Å²) in [7, 11) is 2.17. The van der Waals surface area contributed by atoms with Gasteiger partial charge in [-0.2, -0.15) is 30.3 Å². The molecule has 0 aliphatic heterocycles. The summed E-state index contributed by atoms with van der Waals surface area (Å²) in [4.78, 5) is 2.36. The Morgan fingerprint density at radius 2 is 1.93 bits per heavy atom. The van der Waals surface area contributed by atoms with E-state index < -0.39 is 0 Å². The third-order valence-corrected chi connectivity index (χ3v) is 2.13. The zero-order chi connectivity index (χ0) is 11.5. The molecule has 1 rings (SSSR count). The number of hydrogen-bond donors (Lipinski definition) is 0. The topological polar surface area (TPSA) is 3.24 Å². The number of halogens is 1. The van der Waals surface area contributed by atoms with Crippen molar-refractivity contribution in [3.8, 4) is 0 Å². The normalized spacial score (nSPS) is 9.73. The zero-order valence-corrected chi connectivity index (χ0v) is 14.2. The summed E-state index contributed by atoms with van der Waals surface area (Å²) >= 11 is 4.25. The first-order valence-electron chi connectivity index (χ1n) is 5.23. The van der Waals surface area contributed by atoms with E-state index in [-0.39, 0.29) is 0 Å². The molecule has 1 aromatic carbocycles. The van der Waals surface area contributed by atoms with Crippen molar-refractivity contribution in [3.63, 3.8) is 0 Å². The number of nitrogens with zero attached hydrogens (tertiary/aromatic N) is 1. The zero-order valence-electron chi connectivity index (χ0n) is 9.67. The van der Waals surface area contributed by atoms with Gasteiger partial charge in [-0.3, -0.25) is 0 Å². The van der Waals surface area contributed by atoms with Gasteiger partial charge in [0.2, 0.25) is 0 Å². The molecule has 0 heterocycles. The van der Waals surface area contributed by atoms with Crippen LogP contribution in [-0.4, -0.2) is 18.5 Å². The van der Waals surface area contributed by atoms with E-state index in [0.29, 0.717) is 0 Å². The molecule has 0 amide bonds. The van der Waals surface area contributed by atoms with Crippen LogP contribution >= 0.6 is 13.6 Å². The van der Waals surface area contributed by atoms with Gasteiger partial charge >= 0.3 is 30.0 Å². The minimum absolute atomic E-state index is 1.05. The SMILES string of the molecule is CCCCN(C)Cc1cc[c-]cc1.[Zn+][Br]. The Morgan fingerprint density at radius 1 is 1.33 bits per heavy atom. The van der Waals surface area contributed by atoms with E-state index in [4.69, 9.17) is 0 Å². The monoisotopic (exact) mass is 319 g/mol. The summed E-state index contributed by atoms with van der Waals surface area (Å²) in [6.07, 6.45) is 2.56. The predicted molar refractivity (Wildman–Crippen MR) is 65.4 cm³/mol. The predicted octanol–water partition coefficient (Wildman–Crippen LogP) is 3.56. The van der Waals surface area contributed by atoms with Crippen LogP contribution in [0.25, 0.3) is 0 Å². The van der Waals surface area contributed by atoms with Crippen LogP contribution in [0.5, 0.6) is 0 Å². The molecule has 0 aliphatic rings. The van der Waals surface area contributed by atoms with Crippen molar-refractivity contribution in [2.75, 3.05) is 13.6 Å². The van der Waals surface area contributed by atoms with Crippen molar-refractivity contribution < 1.29 is 16.3 Å². The average Bonchev–Trinajstić information content (AvgIpc) is 2.30. The molecule has 15 heavy (non-hydrogen) atoms. The molecule has 3 heteroatoms. The fraction of sp³-hybridized carbons (Fsp3) is 0.500. The molecular formula is C12H18BrNZn. The van der Waals surface area contributed by atoms with Crippen molar-refractivity contribution in [1.29, 1.82) is 0 Å². The first-order valence-corrected chi connectivity index (χ1v) is 12.2. The van der Waals surface area contributed by atoms with E-state index in [1.165, 1.54) is 41.3 Å². The molecule has 0 N–H and O–H groups in total. The summed E-state index contributed by atoms with van der Waals surface area (Å²) in [6, 6.07) is 11.2. The van der Waals surface area contributed by atoms with Gasteiger partial charge in [-0.25, -0.2) is 0 Å². The van der Waals surface area contributed by atoms with Crippen LogP contribution in [-0.2, 0) is 22.9 Å². The van der Waals surface area contributed by atoms with Gasteiger partial charge in [0.05, 0.1) is 0 Å². The Morgan fingerprint density at radius 3 is 2.47 bits per heavy atom. The van der Waals surface area contributed by atoms with Crippen molar-refractivity contribution in [2.45, 2.75) is 26.3 Å². The number of unbranched alkanes of at least 4 members (excludes halogenated alkanes) is 1. The van der Waals surface area contributed by atoms with Crippen molar-refractivity contribution in [3.05, 3.63) is 35.9 Å². The first kappa shape index (κ1) is 15.3. The molecule has 0 atom stereocenters. The van der Waals surface area contributed by atoms with Gasteiger partial charge in [-0.05, 0) is 20.0 Å². The van der Waals surface area contributed by atoms with E-state index in [0.717, 1.165) is 6.54 Å². The minimum atomic E-state index is 1.05. The van der Waals surface area contributed by atoms with Crippen LogP contribution in [0.15, 0.2) is 24.3 Å². The number of rotatable bonds is 5. The molecule has 0 radical (unpaired) electrons. The third kappa shape index (κ3) is 8.13. The molecule has 0 aliphatic carbocycles. The standard InChI is InChI=1S/C12H18N.BrH.Zn/c1-3-4-10-13(2)11-12-8-6-5-7-9-12;;/h6-9H,3-4,10-11H2,1-2H3;1H;/q-1;;+2/p-1. The van der Waals surface area contributed by atoms with E-state index in [2.05, 4.69) is 50.7 Å². The molecule has 1 nitrogen and oxygen atoms in total. The molecule has 0 saturated heterocycles. The van der Waals surface area contributed by atoms with Crippen LogP contribution in [0.1, 0.15) is 25.3 Å². The summed E-state index contributed by atoms with van der Waals surface area (Å²) in [6.45, 7) is 4.47. The fourth-order valence-electron chi connectivity index (χ4n) is 1.35. The van der Waals surface area contributed by atoms with Crippen molar-refractivity contribution in [2.24, 2.45) is 0 Å². The Labute approximate surface area is 110 Å².